The quantitative estimate of drug-likeness (QED) is 0.918. The van der Waals surface area contributed by atoms with E-state index in [2.05, 4.69) is 43.1 Å². The Balaban J connectivity index is 1.86. The lowest BCUT2D eigenvalue weighted by Crippen LogP contribution is -2.33. The van der Waals surface area contributed by atoms with Gasteiger partial charge in [-0.3, -0.25) is 10.1 Å². The molecule has 1 amide bonds. The fourth-order valence-electron chi connectivity index (χ4n) is 3.13. The molecule has 0 bridgehead atoms. The SMILES string of the molecule is CCC1NC(c2ccc(C)s2)N(C2CC2CC)C1=O. The molecule has 1 saturated heterocycles. The van der Waals surface area contributed by atoms with E-state index in [0.29, 0.717) is 17.9 Å². The molecule has 1 aliphatic heterocycles. The zero-order chi connectivity index (χ0) is 13.6. The predicted molar refractivity (Wildman–Crippen MR) is 78.0 cm³/mol. The average molecular weight is 278 g/mol. The molecule has 0 aromatic carbocycles. The maximum atomic E-state index is 12.5. The Labute approximate surface area is 119 Å². The van der Waals surface area contributed by atoms with Crippen molar-refractivity contribution in [2.75, 3.05) is 0 Å². The summed E-state index contributed by atoms with van der Waals surface area (Å²) >= 11 is 1.80. The molecule has 1 saturated carbocycles. The first-order valence-electron chi connectivity index (χ1n) is 7.30. The minimum Gasteiger partial charge on any atom is -0.317 e. The van der Waals surface area contributed by atoms with Gasteiger partial charge in [0, 0.05) is 15.8 Å². The third-order valence-corrected chi connectivity index (χ3v) is 5.45. The maximum Gasteiger partial charge on any atom is 0.241 e. The number of amides is 1. The standard InChI is InChI=1S/C15H22N2OS/c1-4-10-8-12(10)17-14(13-7-6-9(3)19-13)16-11(5-2)15(17)18/h6-7,10-12,14,16H,4-5,8H2,1-3H3. The summed E-state index contributed by atoms with van der Waals surface area (Å²) in [5, 5.41) is 3.52. The second kappa shape index (κ2) is 4.91. The van der Waals surface area contributed by atoms with Gasteiger partial charge in [-0.15, -0.1) is 11.3 Å². The van der Waals surface area contributed by atoms with Crippen LogP contribution in [-0.2, 0) is 4.79 Å². The third-order valence-electron chi connectivity index (χ3n) is 4.40. The van der Waals surface area contributed by atoms with Gasteiger partial charge in [0.05, 0.1) is 6.04 Å². The van der Waals surface area contributed by atoms with Crippen molar-refractivity contribution in [2.24, 2.45) is 5.92 Å². The normalized spacial score (nSPS) is 34.1. The molecule has 1 aromatic heterocycles. The van der Waals surface area contributed by atoms with Gasteiger partial charge in [0.2, 0.25) is 5.91 Å². The summed E-state index contributed by atoms with van der Waals surface area (Å²) in [4.78, 5) is 17.3. The Morgan fingerprint density at radius 2 is 2.16 bits per heavy atom. The van der Waals surface area contributed by atoms with Crippen LogP contribution < -0.4 is 5.32 Å². The largest absolute Gasteiger partial charge is 0.317 e. The van der Waals surface area contributed by atoms with Crippen molar-refractivity contribution >= 4 is 17.2 Å². The van der Waals surface area contributed by atoms with Crippen LogP contribution in [-0.4, -0.2) is 22.9 Å². The van der Waals surface area contributed by atoms with Gasteiger partial charge < -0.3 is 4.90 Å². The Morgan fingerprint density at radius 1 is 1.37 bits per heavy atom. The lowest BCUT2D eigenvalue weighted by Gasteiger charge is -2.23. The minimum absolute atomic E-state index is 0.00510. The highest BCUT2D eigenvalue weighted by Crippen LogP contribution is 2.45. The summed E-state index contributed by atoms with van der Waals surface area (Å²) in [6, 6.07) is 4.78. The molecule has 1 N–H and O–H groups in total. The van der Waals surface area contributed by atoms with Gasteiger partial charge in [0.15, 0.2) is 0 Å². The number of thiophene rings is 1. The summed E-state index contributed by atoms with van der Waals surface area (Å²) in [6.45, 7) is 6.43. The molecule has 2 heterocycles. The van der Waals surface area contributed by atoms with Gasteiger partial charge in [0.1, 0.15) is 6.17 Å². The predicted octanol–water partition coefficient (Wildman–Crippen LogP) is 3.06. The molecule has 104 valence electrons. The van der Waals surface area contributed by atoms with Crippen molar-refractivity contribution in [2.45, 2.75) is 58.3 Å². The summed E-state index contributed by atoms with van der Waals surface area (Å²) in [7, 11) is 0. The molecule has 1 aromatic rings. The van der Waals surface area contributed by atoms with Gasteiger partial charge in [-0.25, -0.2) is 0 Å². The number of carbonyl (C=O) groups excluding carboxylic acids is 1. The van der Waals surface area contributed by atoms with Crippen molar-refractivity contribution < 1.29 is 4.79 Å². The third kappa shape index (κ3) is 2.21. The van der Waals surface area contributed by atoms with Crippen LogP contribution >= 0.6 is 11.3 Å². The van der Waals surface area contributed by atoms with E-state index in [1.54, 1.807) is 11.3 Å². The topological polar surface area (TPSA) is 32.3 Å². The molecule has 2 fully saturated rings. The van der Waals surface area contributed by atoms with Crippen LogP contribution in [0.15, 0.2) is 12.1 Å². The second-order valence-corrected chi connectivity index (χ2v) is 7.01. The number of rotatable bonds is 4. The van der Waals surface area contributed by atoms with E-state index >= 15 is 0 Å². The van der Waals surface area contributed by atoms with Gasteiger partial charge >= 0.3 is 0 Å². The zero-order valence-corrected chi connectivity index (χ0v) is 12.7. The van der Waals surface area contributed by atoms with Crippen LogP contribution in [0.5, 0.6) is 0 Å². The summed E-state index contributed by atoms with van der Waals surface area (Å²) in [5.41, 5.74) is 0. The molecule has 0 radical (unpaired) electrons. The highest BCUT2D eigenvalue weighted by Gasteiger charge is 2.51. The second-order valence-electron chi connectivity index (χ2n) is 5.70. The molecule has 1 aliphatic carbocycles. The summed E-state index contributed by atoms with van der Waals surface area (Å²) < 4.78 is 0. The van der Waals surface area contributed by atoms with E-state index in [0.717, 1.165) is 6.42 Å². The van der Waals surface area contributed by atoms with Crippen LogP contribution in [0.1, 0.15) is 49.0 Å². The van der Waals surface area contributed by atoms with Gasteiger partial charge in [-0.05, 0) is 37.8 Å². The highest BCUT2D eigenvalue weighted by atomic mass is 32.1. The summed E-state index contributed by atoms with van der Waals surface area (Å²) in [5.74, 6) is 1.02. The molecule has 3 nitrogen and oxygen atoms in total. The Bertz CT molecular complexity index is 484. The van der Waals surface area contributed by atoms with Crippen LogP contribution in [0.3, 0.4) is 0 Å². The van der Waals surface area contributed by atoms with Crippen LogP contribution in [0.2, 0.25) is 0 Å². The first-order chi connectivity index (χ1) is 9.15. The first-order valence-corrected chi connectivity index (χ1v) is 8.11. The van der Waals surface area contributed by atoms with E-state index in [4.69, 9.17) is 0 Å². The van der Waals surface area contributed by atoms with Crippen molar-refractivity contribution in [1.82, 2.24) is 10.2 Å². The van der Waals surface area contributed by atoms with Crippen LogP contribution in [0.4, 0.5) is 0 Å². The molecule has 4 atom stereocenters. The molecule has 19 heavy (non-hydrogen) atoms. The van der Waals surface area contributed by atoms with Crippen molar-refractivity contribution in [3.63, 3.8) is 0 Å². The monoisotopic (exact) mass is 278 g/mol. The molecule has 2 aliphatic rings. The fourth-order valence-corrected chi connectivity index (χ4v) is 4.06. The number of carbonyl (C=O) groups is 1. The van der Waals surface area contributed by atoms with Crippen LogP contribution in [0.25, 0.3) is 0 Å². The van der Waals surface area contributed by atoms with Crippen LogP contribution in [0, 0.1) is 12.8 Å². The van der Waals surface area contributed by atoms with Gasteiger partial charge in [0.25, 0.3) is 0 Å². The van der Waals surface area contributed by atoms with E-state index in [1.165, 1.54) is 22.6 Å². The van der Waals surface area contributed by atoms with Gasteiger partial charge in [-0.2, -0.15) is 0 Å². The summed E-state index contributed by atoms with van der Waals surface area (Å²) in [6.07, 6.45) is 3.35. The lowest BCUT2D eigenvalue weighted by molar-refractivity contribution is -0.130. The van der Waals surface area contributed by atoms with Crippen molar-refractivity contribution in [3.8, 4) is 0 Å². The number of hydrogen-bond donors (Lipinski definition) is 1. The number of nitrogens with zero attached hydrogens (tertiary/aromatic N) is 1. The molecule has 3 rings (SSSR count). The minimum atomic E-state index is 0.00510. The van der Waals surface area contributed by atoms with E-state index in [-0.39, 0.29) is 12.2 Å². The van der Waals surface area contributed by atoms with Gasteiger partial charge in [-0.1, -0.05) is 20.3 Å². The highest BCUT2D eigenvalue weighted by molar-refractivity contribution is 7.12. The molecule has 4 unspecified atom stereocenters. The van der Waals surface area contributed by atoms with E-state index in [9.17, 15) is 4.79 Å². The lowest BCUT2D eigenvalue weighted by atomic mass is 10.2. The maximum absolute atomic E-state index is 12.5. The number of nitrogens with one attached hydrogen (secondary N) is 1. The van der Waals surface area contributed by atoms with E-state index in [1.807, 2.05) is 0 Å². The smallest absolute Gasteiger partial charge is 0.241 e. The average Bonchev–Trinajstić information content (AvgIpc) is 2.93. The first kappa shape index (κ1) is 13.1. The Morgan fingerprint density at radius 3 is 2.68 bits per heavy atom. The molecular weight excluding hydrogens is 256 g/mol. The Kier molecular flexibility index (Phi) is 3.39. The number of aryl methyl sites for hydroxylation is 1. The number of hydrogen-bond acceptors (Lipinski definition) is 3. The molecular formula is C15H22N2OS. The zero-order valence-electron chi connectivity index (χ0n) is 11.8. The Hall–Kier alpha value is -0.870. The molecule has 0 spiro atoms. The molecule has 4 heteroatoms. The van der Waals surface area contributed by atoms with E-state index < -0.39 is 0 Å². The fraction of sp³-hybridized carbons (Fsp3) is 0.667. The van der Waals surface area contributed by atoms with Crippen molar-refractivity contribution in [1.29, 1.82) is 0 Å². The van der Waals surface area contributed by atoms with Crippen molar-refractivity contribution in [3.05, 3.63) is 21.9 Å².